The number of esters is 1. The van der Waals surface area contributed by atoms with Gasteiger partial charge in [0, 0.05) is 6.54 Å². The number of nitrogens with zero attached hydrogens (tertiary/aromatic N) is 1. The lowest BCUT2D eigenvalue weighted by Gasteiger charge is -2.06. The number of hydrogen-bond donors (Lipinski definition) is 1. The van der Waals surface area contributed by atoms with E-state index in [1.807, 2.05) is 0 Å². The fraction of sp³-hybridized carbons (Fsp3) is 0.455. The number of nitrogens with one attached hydrogen (secondary N) is 1. The van der Waals surface area contributed by atoms with Crippen LogP contribution in [0.15, 0.2) is 12.1 Å². The second-order valence-corrected chi connectivity index (χ2v) is 4.27. The van der Waals surface area contributed by atoms with Crippen molar-refractivity contribution >= 4 is 23.4 Å². The smallest absolute Gasteiger partial charge is 0.338 e. The van der Waals surface area contributed by atoms with Crippen LogP contribution in [0, 0.1) is 5.92 Å². The van der Waals surface area contributed by atoms with E-state index in [9.17, 15) is 4.79 Å². The fourth-order valence-electron chi connectivity index (χ4n) is 1.39. The van der Waals surface area contributed by atoms with E-state index < -0.39 is 5.97 Å². The second kappa shape index (κ2) is 4.70. The molecule has 1 saturated carbocycles. The van der Waals surface area contributed by atoms with Crippen LogP contribution in [0.5, 0.6) is 0 Å². The van der Waals surface area contributed by atoms with E-state index in [-0.39, 0.29) is 0 Å². The first-order valence-electron chi connectivity index (χ1n) is 5.19. The summed E-state index contributed by atoms with van der Waals surface area (Å²) in [5.41, 5.74) is 0.417. The van der Waals surface area contributed by atoms with Gasteiger partial charge in [0.1, 0.15) is 11.0 Å². The molecular weight excluding hydrogens is 228 g/mol. The van der Waals surface area contributed by atoms with Crippen LogP contribution in [0.25, 0.3) is 0 Å². The number of anilines is 1. The summed E-state index contributed by atoms with van der Waals surface area (Å²) < 4.78 is 4.63. The predicted octanol–water partition coefficient (Wildman–Crippen LogP) is 2.34. The van der Waals surface area contributed by atoms with Gasteiger partial charge in [-0.3, -0.25) is 0 Å². The Hall–Kier alpha value is -1.29. The fourth-order valence-corrected chi connectivity index (χ4v) is 1.60. The molecule has 0 aromatic carbocycles. The highest BCUT2D eigenvalue weighted by Gasteiger charge is 2.21. The molecule has 86 valence electrons. The van der Waals surface area contributed by atoms with E-state index in [1.165, 1.54) is 26.0 Å². The van der Waals surface area contributed by atoms with E-state index in [0.29, 0.717) is 16.5 Å². The molecule has 0 amide bonds. The molecule has 1 aliphatic carbocycles. The molecule has 1 heterocycles. The van der Waals surface area contributed by atoms with E-state index in [0.717, 1.165) is 12.5 Å². The number of ether oxygens (including phenoxy) is 1. The molecule has 0 spiro atoms. The van der Waals surface area contributed by atoms with Crippen LogP contribution in [0.4, 0.5) is 5.82 Å². The van der Waals surface area contributed by atoms with Gasteiger partial charge in [0.2, 0.25) is 0 Å². The molecule has 0 unspecified atom stereocenters. The molecule has 1 aliphatic rings. The summed E-state index contributed by atoms with van der Waals surface area (Å²) in [6.45, 7) is 0.883. The Morgan fingerprint density at radius 1 is 1.62 bits per heavy atom. The van der Waals surface area contributed by atoms with E-state index in [1.54, 1.807) is 6.07 Å². The van der Waals surface area contributed by atoms with Crippen molar-refractivity contribution in [3.63, 3.8) is 0 Å². The molecule has 1 N–H and O–H groups in total. The van der Waals surface area contributed by atoms with Crippen molar-refractivity contribution in [2.45, 2.75) is 12.8 Å². The van der Waals surface area contributed by atoms with Crippen molar-refractivity contribution in [2.24, 2.45) is 5.92 Å². The topological polar surface area (TPSA) is 51.2 Å². The lowest BCUT2D eigenvalue weighted by molar-refractivity contribution is 0.0600. The second-order valence-electron chi connectivity index (χ2n) is 3.88. The molecule has 1 aromatic rings. The minimum atomic E-state index is -0.404. The minimum Gasteiger partial charge on any atom is -0.465 e. The first-order valence-corrected chi connectivity index (χ1v) is 5.56. The molecule has 1 aromatic heterocycles. The zero-order valence-corrected chi connectivity index (χ0v) is 9.75. The standard InChI is InChI=1S/C11H13ClN2O2/c1-16-11(15)8-4-9(12)14-10(5-8)13-6-7-2-3-7/h4-5,7H,2-3,6H2,1H3,(H,13,14). The Morgan fingerprint density at radius 3 is 3.00 bits per heavy atom. The van der Waals surface area contributed by atoms with Crippen LogP contribution in [-0.2, 0) is 4.74 Å². The summed E-state index contributed by atoms with van der Waals surface area (Å²) >= 11 is 5.82. The number of pyridine rings is 1. The van der Waals surface area contributed by atoms with E-state index in [2.05, 4.69) is 15.0 Å². The Bertz CT molecular complexity index is 405. The first-order chi connectivity index (χ1) is 7.69. The van der Waals surface area contributed by atoms with Crippen LogP contribution < -0.4 is 5.32 Å². The third-order valence-corrected chi connectivity index (χ3v) is 2.68. The maximum absolute atomic E-state index is 11.3. The van der Waals surface area contributed by atoms with Crippen molar-refractivity contribution in [1.82, 2.24) is 4.98 Å². The van der Waals surface area contributed by atoms with Crippen LogP contribution in [0.3, 0.4) is 0 Å². The number of carbonyl (C=O) groups excluding carboxylic acids is 1. The highest BCUT2D eigenvalue weighted by Crippen LogP contribution is 2.29. The Kier molecular flexibility index (Phi) is 3.29. The maximum Gasteiger partial charge on any atom is 0.338 e. The lowest BCUT2D eigenvalue weighted by Crippen LogP contribution is -2.08. The molecule has 0 bridgehead atoms. The Morgan fingerprint density at radius 2 is 2.38 bits per heavy atom. The quantitative estimate of drug-likeness (QED) is 0.648. The van der Waals surface area contributed by atoms with Crippen LogP contribution in [0.2, 0.25) is 5.15 Å². The van der Waals surface area contributed by atoms with E-state index in [4.69, 9.17) is 11.6 Å². The molecule has 0 radical (unpaired) electrons. The van der Waals surface area contributed by atoms with Crippen molar-refractivity contribution in [3.8, 4) is 0 Å². The van der Waals surface area contributed by atoms with Gasteiger partial charge in [0.25, 0.3) is 0 Å². The van der Waals surface area contributed by atoms with Gasteiger partial charge >= 0.3 is 5.97 Å². The molecular formula is C11H13ClN2O2. The largest absolute Gasteiger partial charge is 0.465 e. The van der Waals surface area contributed by atoms with Gasteiger partial charge in [-0.1, -0.05) is 11.6 Å². The highest BCUT2D eigenvalue weighted by molar-refractivity contribution is 6.29. The van der Waals surface area contributed by atoms with Crippen molar-refractivity contribution in [2.75, 3.05) is 19.0 Å². The number of rotatable bonds is 4. The summed E-state index contributed by atoms with van der Waals surface area (Å²) in [5.74, 6) is 0.959. The van der Waals surface area contributed by atoms with Crippen molar-refractivity contribution < 1.29 is 9.53 Å². The summed E-state index contributed by atoms with van der Waals surface area (Å²) in [6, 6.07) is 3.15. The van der Waals surface area contributed by atoms with Crippen molar-refractivity contribution in [1.29, 1.82) is 0 Å². The van der Waals surface area contributed by atoms with Gasteiger partial charge in [-0.2, -0.15) is 0 Å². The molecule has 2 rings (SSSR count). The number of methoxy groups -OCH3 is 1. The first kappa shape index (κ1) is 11.2. The lowest BCUT2D eigenvalue weighted by atomic mass is 10.2. The average Bonchev–Trinajstić information content (AvgIpc) is 3.08. The molecule has 0 aliphatic heterocycles. The van der Waals surface area contributed by atoms with Gasteiger partial charge in [-0.05, 0) is 30.9 Å². The average molecular weight is 241 g/mol. The maximum atomic E-state index is 11.3. The molecule has 0 atom stereocenters. The Balaban J connectivity index is 2.10. The molecule has 16 heavy (non-hydrogen) atoms. The molecule has 5 heteroatoms. The third kappa shape index (κ3) is 2.85. The Labute approximate surface area is 99.0 Å². The summed E-state index contributed by atoms with van der Waals surface area (Å²) in [6.07, 6.45) is 2.52. The van der Waals surface area contributed by atoms with E-state index >= 15 is 0 Å². The van der Waals surface area contributed by atoms with Crippen LogP contribution in [-0.4, -0.2) is 24.6 Å². The van der Waals surface area contributed by atoms with Gasteiger partial charge in [-0.25, -0.2) is 9.78 Å². The van der Waals surface area contributed by atoms with Gasteiger partial charge in [0.05, 0.1) is 12.7 Å². The SMILES string of the molecule is COC(=O)c1cc(Cl)nc(NCC2CC2)c1. The molecule has 0 saturated heterocycles. The zero-order chi connectivity index (χ0) is 11.5. The van der Waals surface area contributed by atoms with Crippen LogP contribution in [0.1, 0.15) is 23.2 Å². The minimum absolute atomic E-state index is 0.293. The normalized spacial score (nSPS) is 14.6. The van der Waals surface area contributed by atoms with Gasteiger partial charge < -0.3 is 10.1 Å². The summed E-state index contributed by atoms with van der Waals surface area (Å²) in [5, 5.41) is 3.46. The van der Waals surface area contributed by atoms with Gasteiger partial charge in [-0.15, -0.1) is 0 Å². The number of halogens is 1. The monoisotopic (exact) mass is 240 g/mol. The highest BCUT2D eigenvalue weighted by atomic mass is 35.5. The number of carbonyl (C=O) groups is 1. The van der Waals surface area contributed by atoms with Gasteiger partial charge in [0.15, 0.2) is 0 Å². The summed E-state index contributed by atoms with van der Waals surface area (Å²) in [7, 11) is 1.34. The third-order valence-electron chi connectivity index (χ3n) is 2.48. The van der Waals surface area contributed by atoms with Crippen LogP contribution >= 0.6 is 11.6 Å². The predicted molar refractivity (Wildman–Crippen MR) is 61.8 cm³/mol. The summed E-state index contributed by atoms with van der Waals surface area (Å²) in [4.78, 5) is 15.4. The molecule has 1 fully saturated rings. The zero-order valence-electron chi connectivity index (χ0n) is 9.00. The number of hydrogen-bond acceptors (Lipinski definition) is 4. The van der Waals surface area contributed by atoms with Crippen molar-refractivity contribution in [3.05, 3.63) is 22.8 Å². The molecule has 4 nitrogen and oxygen atoms in total. The number of aromatic nitrogens is 1.